The van der Waals surface area contributed by atoms with Gasteiger partial charge >= 0.3 is 0 Å². The van der Waals surface area contributed by atoms with Crippen molar-refractivity contribution in [2.24, 2.45) is 5.14 Å². The zero-order valence-electron chi connectivity index (χ0n) is 15.0. The molecule has 2 heterocycles. The summed E-state index contributed by atoms with van der Waals surface area (Å²) in [5.74, 6) is 0.483. The van der Waals surface area contributed by atoms with Crippen LogP contribution < -0.4 is 10.5 Å². The van der Waals surface area contributed by atoms with Crippen molar-refractivity contribution in [2.45, 2.75) is 11.4 Å². The minimum atomic E-state index is -3.89. The summed E-state index contributed by atoms with van der Waals surface area (Å²) in [6, 6.07) is 10.7. The molecule has 0 atom stereocenters. The summed E-state index contributed by atoms with van der Waals surface area (Å²) >= 11 is 0. The number of nitrogens with zero attached hydrogens (tertiary/aromatic N) is 3. The zero-order valence-corrected chi connectivity index (χ0v) is 15.8. The molecule has 0 aliphatic heterocycles. The fourth-order valence-electron chi connectivity index (χ4n) is 2.94. The van der Waals surface area contributed by atoms with E-state index in [9.17, 15) is 18.6 Å². The van der Waals surface area contributed by atoms with Crippen molar-refractivity contribution in [3.8, 4) is 22.8 Å². The molecule has 0 spiro atoms. The van der Waals surface area contributed by atoms with Crippen molar-refractivity contribution in [2.75, 3.05) is 5.32 Å². The maximum absolute atomic E-state index is 11.4. The molecular formula is C19H17N5O4S. The van der Waals surface area contributed by atoms with Crippen LogP contribution in [0, 0.1) is 0 Å². The molecule has 0 aliphatic rings. The number of imidazole rings is 1. The Hall–Kier alpha value is -3.63. The van der Waals surface area contributed by atoms with Gasteiger partial charge in [-0.1, -0.05) is 6.07 Å². The van der Waals surface area contributed by atoms with Crippen molar-refractivity contribution in [1.29, 1.82) is 0 Å². The van der Waals surface area contributed by atoms with Crippen molar-refractivity contribution in [1.82, 2.24) is 14.4 Å². The summed E-state index contributed by atoms with van der Waals surface area (Å²) in [6.45, 7) is 0.199. The maximum atomic E-state index is 11.4. The molecule has 0 saturated heterocycles. The number of aromatic nitrogens is 3. The van der Waals surface area contributed by atoms with Crippen molar-refractivity contribution in [3.63, 3.8) is 0 Å². The molecule has 2 aromatic heterocycles. The normalized spacial score (nSPS) is 11.6. The first kappa shape index (κ1) is 18.7. The summed E-state index contributed by atoms with van der Waals surface area (Å²) in [7, 11) is -3.89. The second-order valence-corrected chi connectivity index (χ2v) is 7.91. The van der Waals surface area contributed by atoms with Gasteiger partial charge < -0.3 is 15.5 Å². The SMILES string of the molecule is NS(=O)(=O)c1ccc(CNc2nccn3c(-c4ccc(O)cc4)cnc23)c(O)c1. The molecule has 4 rings (SSSR count). The number of hydrogen-bond donors (Lipinski definition) is 4. The number of fused-ring (bicyclic) bond motifs is 1. The minimum Gasteiger partial charge on any atom is -0.508 e. The molecule has 0 radical (unpaired) electrons. The van der Waals surface area contributed by atoms with Crippen LogP contribution in [0.15, 0.2) is 66.0 Å². The Labute approximate surface area is 166 Å². The van der Waals surface area contributed by atoms with Crippen LogP contribution in [0.5, 0.6) is 11.5 Å². The predicted molar refractivity (Wildman–Crippen MR) is 107 cm³/mol. The smallest absolute Gasteiger partial charge is 0.238 e. The lowest BCUT2D eigenvalue weighted by Crippen LogP contribution is -2.12. The number of sulfonamides is 1. The average molecular weight is 411 g/mol. The van der Waals surface area contributed by atoms with Gasteiger partial charge in [0.2, 0.25) is 10.0 Å². The van der Waals surface area contributed by atoms with Crippen LogP contribution in [0.4, 0.5) is 5.82 Å². The van der Waals surface area contributed by atoms with Crippen LogP contribution >= 0.6 is 0 Å². The number of nitrogens with one attached hydrogen (secondary N) is 1. The third-order valence-corrected chi connectivity index (χ3v) is 5.33. The van der Waals surface area contributed by atoms with Crippen LogP contribution in [0.25, 0.3) is 16.9 Å². The monoisotopic (exact) mass is 411 g/mol. The predicted octanol–water partition coefficient (Wildman–Crippen LogP) is 2.07. The Morgan fingerprint density at radius 2 is 1.83 bits per heavy atom. The number of hydrogen-bond acceptors (Lipinski definition) is 7. The number of nitrogens with two attached hydrogens (primary N) is 1. The summed E-state index contributed by atoms with van der Waals surface area (Å²) in [5, 5.41) is 27.7. The number of phenolic OH excluding ortho intramolecular Hbond substituents is 2. The second kappa shape index (κ2) is 7.08. The molecule has 0 unspecified atom stereocenters. The second-order valence-electron chi connectivity index (χ2n) is 6.35. The molecule has 0 saturated carbocycles. The number of rotatable bonds is 5. The highest BCUT2D eigenvalue weighted by Gasteiger charge is 2.13. The van der Waals surface area contributed by atoms with E-state index >= 15 is 0 Å². The van der Waals surface area contributed by atoms with Crippen LogP contribution in [-0.2, 0) is 16.6 Å². The Balaban J connectivity index is 1.62. The summed E-state index contributed by atoms with van der Waals surface area (Å²) in [6.07, 6.45) is 5.09. The van der Waals surface area contributed by atoms with Gasteiger partial charge in [0.1, 0.15) is 11.5 Å². The van der Waals surface area contributed by atoms with E-state index in [2.05, 4.69) is 15.3 Å². The Morgan fingerprint density at radius 1 is 1.07 bits per heavy atom. The highest BCUT2D eigenvalue weighted by Crippen LogP contribution is 2.26. The van der Waals surface area contributed by atoms with Crippen molar-refractivity contribution in [3.05, 3.63) is 66.6 Å². The highest BCUT2D eigenvalue weighted by atomic mass is 32.2. The molecule has 2 aromatic carbocycles. The first-order chi connectivity index (χ1) is 13.8. The fraction of sp³-hybridized carbons (Fsp3) is 0.0526. The molecule has 5 N–H and O–H groups in total. The van der Waals surface area contributed by atoms with Gasteiger partial charge in [-0.3, -0.25) is 4.40 Å². The Bertz CT molecular complexity index is 1300. The van der Waals surface area contributed by atoms with E-state index in [4.69, 9.17) is 5.14 Å². The number of primary sulfonamides is 1. The van der Waals surface area contributed by atoms with Crippen LogP contribution in [0.3, 0.4) is 0 Å². The summed E-state index contributed by atoms with van der Waals surface area (Å²) in [4.78, 5) is 8.55. The van der Waals surface area contributed by atoms with E-state index < -0.39 is 10.0 Å². The van der Waals surface area contributed by atoms with Crippen molar-refractivity contribution >= 4 is 21.5 Å². The van der Waals surface area contributed by atoms with Gasteiger partial charge in [-0.15, -0.1) is 0 Å². The van der Waals surface area contributed by atoms with E-state index in [1.165, 1.54) is 12.1 Å². The number of benzene rings is 2. The molecule has 0 amide bonds. The summed E-state index contributed by atoms with van der Waals surface area (Å²) in [5.41, 5.74) is 2.76. The molecule has 0 fully saturated rings. The van der Waals surface area contributed by atoms with E-state index in [-0.39, 0.29) is 22.9 Å². The Kier molecular flexibility index (Phi) is 4.57. The van der Waals surface area contributed by atoms with Crippen LogP contribution in [-0.4, -0.2) is 33.0 Å². The van der Waals surface area contributed by atoms with Crippen LogP contribution in [0.1, 0.15) is 5.56 Å². The molecule has 0 aliphatic carbocycles. The topological polar surface area (TPSA) is 143 Å². The van der Waals surface area contributed by atoms with E-state index in [0.29, 0.717) is 17.0 Å². The first-order valence-electron chi connectivity index (χ1n) is 8.53. The highest BCUT2D eigenvalue weighted by molar-refractivity contribution is 7.89. The van der Waals surface area contributed by atoms with E-state index in [1.807, 2.05) is 4.40 Å². The lowest BCUT2D eigenvalue weighted by Gasteiger charge is -2.10. The van der Waals surface area contributed by atoms with Gasteiger partial charge in [-0.05, 0) is 30.3 Å². The van der Waals surface area contributed by atoms with Crippen LogP contribution in [0.2, 0.25) is 0 Å². The molecule has 29 heavy (non-hydrogen) atoms. The van der Waals surface area contributed by atoms with Crippen molar-refractivity contribution < 1.29 is 18.6 Å². The van der Waals surface area contributed by atoms with Gasteiger partial charge in [-0.2, -0.15) is 0 Å². The largest absolute Gasteiger partial charge is 0.508 e. The molecular weight excluding hydrogens is 394 g/mol. The zero-order chi connectivity index (χ0) is 20.6. The molecule has 148 valence electrons. The number of phenols is 2. The van der Waals surface area contributed by atoms with Gasteiger partial charge in [0.15, 0.2) is 11.5 Å². The van der Waals surface area contributed by atoms with Gasteiger partial charge in [0.25, 0.3) is 0 Å². The quantitative estimate of drug-likeness (QED) is 0.394. The van der Waals surface area contributed by atoms with Gasteiger partial charge in [0, 0.05) is 36.1 Å². The average Bonchev–Trinajstić information content (AvgIpc) is 3.11. The lowest BCUT2D eigenvalue weighted by molar-refractivity contribution is 0.467. The lowest BCUT2D eigenvalue weighted by atomic mass is 10.1. The number of anilines is 1. The van der Waals surface area contributed by atoms with Gasteiger partial charge in [0.05, 0.1) is 16.8 Å². The third kappa shape index (κ3) is 3.71. The molecule has 4 aromatic rings. The standard InChI is InChI=1S/C19H17N5O4S/c20-29(27,28)15-6-3-13(17(26)9-15)10-22-18-19-23-11-16(24(19)8-7-21-18)12-1-4-14(25)5-2-12/h1-9,11,25-26H,10H2,(H,21,22)(H2,20,27,28). The molecule has 0 bridgehead atoms. The minimum absolute atomic E-state index is 0.161. The third-order valence-electron chi connectivity index (χ3n) is 4.42. The molecule has 10 heteroatoms. The fourth-order valence-corrected chi connectivity index (χ4v) is 3.47. The molecule has 9 nitrogen and oxygen atoms in total. The first-order valence-corrected chi connectivity index (χ1v) is 10.1. The summed E-state index contributed by atoms with van der Waals surface area (Å²) < 4.78 is 24.6. The van der Waals surface area contributed by atoms with E-state index in [0.717, 1.165) is 17.3 Å². The number of aromatic hydroxyl groups is 2. The van der Waals surface area contributed by atoms with E-state index in [1.54, 1.807) is 42.9 Å². The Morgan fingerprint density at radius 3 is 2.52 bits per heavy atom. The maximum Gasteiger partial charge on any atom is 0.238 e. The van der Waals surface area contributed by atoms with Gasteiger partial charge in [-0.25, -0.2) is 23.5 Å².